The number of phenolic OH excluding ortho intramolecular Hbond substituents is 5. The van der Waals surface area contributed by atoms with Gasteiger partial charge in [-0.05, 0) is 18.2 Å². The fourth-order valence-corrected chi connectivity index (χ4v) is 5.40. The molecule has 8 atom stereocenters. The number of phenols is 5. The lowest BCUT2D eigenvalue weighted by Gasteiger charge is -2.42. The van der Waals surface area contributed by atoms with E-state index in [-0.39, 0.29) is 0 Å². The number of ether oxygens (including phenoxy) is 5. The molecule has 0 amide bonds. The van der Waals surface area contributed by atoms with Crippen LogP contribution in [0.25, 0.3) is 0 Å². The van der Waals surface area contributed by atoms with Crippen LogP contribution in [0.2, 0.25) is 0 Å². The van der Waals surface area contributed by atoms with Crippen LogP contribution < -0.4 is 4.74 Å². The Morgan fingerprint density at radius 1 is 0.848 bits per heavy atom. The lowest BCUT2D eigenvalue weighted by Crippen LogP contribution is -2.62. The Balaban J connectivity index is 1.64. The van der Waals surface area contributed by atoms with E-state index < -0.39 is 143 Å². The Kier molecular flexibility index (Phi) is 8.26. The largest absolute Gasteiger partial charge is 0.504 e. The van der Waals surface area contributed by atoms with Crippen LogP contribution in [0.5, 0.6) is 34.5 Å². The standard InChI is InChI=1S/C27H24O19/c28-5-12-20-19(37)22(27(42-12)46-23(38)6-1-9(29)16(34)10(30)2-6)45-24(39)7-3-11(31)17(35)21-15(7)14(18(36)26(41)44-21)8(4-13(32)33)25(40)43-20/h1-3,8,12,14,18-20,22,27-31,34-37H,4-5H2,(H,32,33)/t8-,12+,14+,18-,19-,20+,22+,27-/m0/s1. The van der Waals surface area contributed by atoms with E-state index in [1.807, 2.05) is 0 Å². The van der Waals surface area contributed by atoms with Gasteiger partial charge in [-0.25, -0.2) is 14.4 Å². The van der Waals surface area contributed by atoms with E-state index >= 15 is 0 Å². The molecule has 2 bridgehead atoms. The Bertz CT molecular complexity index is 1610. The highest BCUT2D eigenvalue weighted by atomic mass is 16.7. The van der Waals surface area contributed by atoms with Crippen molar-refractivity contribution in [1.82, 2.24) is 0 Å². The fourth-order valence-electron chi connectivity index (χ4n) is 5.40. The molecule has 46 heavy (non-hydrogen) atoms. The molecular formula is C27H24O19. The second-order valence-corrected chi connectivity index (χ2v) is 10.4. The van der Waals surface area contributed by atoms with Crippen molar-refractivity contribution >= 4 is 29.8 Å². The van der Waals surface area contributed by atoms with E-state index in [0.29, 0.717) is 18.2 Å². The molecule has 0 spiro atoms. The molecule has 19 nitrogen and oxygen atoms in total. The van der Waals surface area contributed by atoms with E-state index in [9.17, 15) is 69.9 Å². The zero-order valence-electron chi connectivity index (χ0n) is 22.9. The van der Waals surface area contributed by atoms with Gasteiger partial charge in [-0.15, -0.1) is 0 Å². The van der Waals surface area contributed by atoms with E-state index in [1.165, 1.54) is 0 Å². The second-order valence-electron chi connectivity index (χ2n) is 10.4. The first-order chi connectivity index (χ1) is 21.6. The average Bonchev–Trinajstić information content (AvgIpc) is 3.00. The van der Waals surface area contributed by atoms with Gasteiger partial charge in [0.1, 0.15) is 12.2 Å². The molecule has 5 rings (SSSR count). The summed E-state index contributed by atoms with van der Waals surface area (Å²) in [5.41, 5.74) is -2.06. The normalized spacial score (nSPS) is 28.9. The summed E-state index contributed by atoms with van der Waals surface area (Å²) in [6.45, 7) is -1.06. The van der Waals surface area contributed by atoms with Gasteiger partial charge in [0.25, 0.3) is 0 Å². The van der Waals surface area contributed by atoms with Crippen LogP contribution in [-0.4, -0.2) is 119 Å². The zero-order chi connectivity index (χ0) is 33.8. The lowest BCUT2D eigenvalue weighted by atomic mass is 9.76. The van der Waals surface area contributed by atoms with Crippen molar-refractivity contribution < 1.29 is 93.6 Å². The molecule has 0 radical (unpaired) electrons. The molecule has 1 saturated heterocycles. The topological polar surface area (TPSA) is 314 Å². The first-order valence-electron chi connectivity index (χ1n) is 13.2. The summed E-state index contributed by atoms with van der Waals surface area (Å²) in [7, 11) is 0. The quantitative estimate of drug-likeness (QED) is 0.0733. The molecule has 3 heterocycles. The van der Waals surface area contributed by atoms with Crippen LogP contribution >= 0.6 is 0 Å². The third-order valence-corrected chi connectivity index (χ3v) is 7.56. The Morgan fingerprint density at radius 3 is 2.09 bits per heavy atom. The summed E-state index contributed by atoms with van der Waals surface area (Å²) in [4.78, 5) is 64.4. The number of benzene rings is 2. The predicted molar refractivity (Wildman–Crippen MR) is 138 cm³/mol. The number of carbonyl (C=O) groups is 5. The Labute approximate surface area is 254 Å². The minimum Gasteiger partial charge on any atom is -0.504 e. The number of rotatable bonds is 5. The van der Waals surface area contributed by atoms with Gasteiger partial charge in [-0.3, -0.25) is 9.59 Å². The van der Waals surface area contributed by atoms with Crippen molar-refractivity contribution in [2.45, 2.75) is 49.1 Å². The van der Waals surface area contributed by atoms with E-state index in [1.54, 1.807) is 0 Å². The molecular weight excluding hydrogens is 628 g/mol. The van der Waals surface area contributed by atoms with Crippen molar-refractivity contribution in [1.29, 1.82) is 0 Å². The molecule has 0 aliphatic carbocycles. The van der Waals surface area contributed by atoms with Crippen molar-refractivity contribution in [3.05, 3.63) is 34.9 Å². The van der Waals surface area contributed by atoms with Gasteiger partial charge >= 0.3 is 29.8 Å². The number of hydrogen-bond donors (Lipinski definition) is 9. The monoisotopic (exact) mass is 652 g/mol. The minimum absolute atomic E-state index is 0.573. The molecule has 0 saturated carbocycles. The SMILES string of the molecule is O=C(O)C[C@@H]1C(=O)O[C@H]2[C@H](O)[C@@H](OC(=O)c3cc(O)c(O)c4c3[C@@H]1[C@H](O)C(=O)O4)[C@H](OC(=O)c1cc(O)c(O)c(O)c1)O[C@@H]2CO. The molecule has 2 aromatic carbocycles. The number of aliphatic carboxylic acids is 1. The number of fused-ring (bicyclic) bond motifs is 2. The first kappa shape index (κ1) is 32.0. The van der Waals surface area contributed by atoms with Crippen LogP contribution in [0.3, 0.4) is 0 Å². The zero-order valence-corrected chi connectivity index (χ0v) is 22.9. The van der Waals surface area contributed by atoms with E-state index in [0.717, 1.165) is 0 Å². The fraction of sp³-hybridized carbons (Fsp3) is 0.370. The Hall–Kier alpha value is -5.37. The van der Waals surface area contributed by atoms with Crippen molar-refractivity contribution in [2.75, 3.05) is 6.61 Å². The molecule has 3 aliphatic heterocycles. The van der Waals surface area contributed by atoms with Crippen LogP contribution in [0, 0.1) is 5.92 Å². The number of aliphatic hydroxyl groups excluding tert-OH is 3. The summed E-state index contributed by atoms with van der Waals surface area (Å²) >= 11 is 0. The highest BCUT2D eigenvalue weighted by Crippen LogP contribution is 2.51. The minimum atomic E-state index is -2.35. The first-order valence-corrected chi connectivity index (χ1v) is 13.2. The van der Waals surface area contributed by atoms with E-state index in [4.69, 9.17) is 23.7 Å². The number of carboxylic acids is 1. The van der Waals surface area contributed by atoms with Crippen molar-refractivity contribution in [3.63, 3.8) is 0 Å². The van der Waals surface area contributed by atoms with Gasteiger partial charge < -0.3 is 69.6 Å². The van der Waals surface area contributed by atoms with Gasteiger partial charge in [0.05, 0.1) is 30.1 Å². The third kappa shape index (κ3) is 5.40. The van der Waals surface area contributed by atoms with Gasteiger partial charge in [0.2, 0.25) is 12.0 Å². The highest BCUT2D eigenvalue weighted by molar-refractivity contribution is 5.97. The Morgan fingerprint density at radius 2 is 1.48 bits per heavy atom. The summed E-state index contributed by atoms with van der Waals surface area (Å²) in [6.07, 6.45) is -13.7. The maximum Gasteiger partial charge on any atom is 0.341 e. The summed E-state index contributed by atoms with van der Waals surface area (Å²) in [5, 5.41) is 91.4. The highest BCUT2D eigenvalue weighted by Gasteiger charge is 2.55. The number of aromatic hydroxyl groups is 5. The number of carboxylic acid groups (broad SMARTS) is 1. The van der Waals surface area contributed by atoms with Gasteiger partial charge in [0.15, 0.2) is 47.1 Å². The van der Waals surface area contributed by atoms with Gasteiger partial charge in [-0.1, -0.05) is 0 Å². The number of hydrogen-bond acceptors (Lipinski definition) is 18. The van der Waals surface area contributed by atoms with Crippen molar-refractivity contribution in [3.8, 4) is 34.5 Å². The summed E-state index contributed by atoms with van der Waals surface area (Å²) in [6, 6.07) is 1.92. The van der Waals surface area contributed by atoms with Gasteiger partial charge in [0, 0.05) is 11.5 Å². The molecule has 0 unspecified atom stereocenters. The summed E-state index contributed by atoms with van der Waals surface area (Å²) < 4.78 is 26.2. The van der Waals surface area contributed by atoms with Crippen LogP contribution in [0.1, 0.15) is 38.6 Å². The molecule has 246 valence electrons. The second kappa shape index (κ2) is 11.9. The molecule has 0 aromatic heterocycles. The molecule has 2 aromatic rings. The maximum absolute atomic E-state index is 13.6. The molecule has 1 fully saturated rings. The van der Waals surface area contributed by atoms with Crippen LogP contribution in [0.15, 0.2) is 18.2 Å². The van der Waals surface area contributed by atoms with Crippen molar-refractivity contribution in [2.24, 2.45) is 5.92 Å². The van der Waals surface area contributed by atoms with E-state index in [2.05, 4.69) is 0 Å². The lowest BCUT2D eigenvalue weighted by molar-refractivity contribution is -0.288. The van der Waals surface area contributed by atoms with Crippen LogP contribution in [0.4, 0.5) is 0 Å². The van der Waals surface area contributed by atoms with Gasteiger partial charge in [-0.2, -0.15) is 0 Å². The smallest absolute Gasteiger partial charge is 0.341 e. The number of aliphatic hydroxyl groups is 3. The average molecular weight is 652 g/mol. The molecule has 3 aliphatic rings. The number of esters is 4. The molecule has 19 heteroatoms. The maximum atomic E-state index is 13.6. The molecule has 9 N–H and O–H groups in total. The summed E-state index contributed by atoms with van der Waals surface area (Å²) in [5.74, 6) is -17.6. The van der Waals surface area contributed by atoms with Crippen LogP contribution in [-0.2, 0) is 33.3 Å². The predicted octanol–water partition coefficient (Wildman–Crippen LogP) is -1.95. The third-order valence-electron chi connectivity index (χ3n) is 7.56. The number of carbonyl (C=O) groups excluding carboxylic acids is 4.